The normalized spacial score (nSPS) is 16.7. The molecular weight excluding hydrogens is 451 g/mol. The summed E-state index contributed by atoms with van der Waals surface area (Å²) in [6, 6.07) is 10.1. The highest BCUT2D eigenvalue weighted by Gasteiger charge is 2.49. The van der Waals surface area contributed by atoms with Gasteiger partial charge in [-0.15, -0.1) is 0 Å². The first-order valence-corrected chi connectivity index (χ1v) is 11.5. The lowest BCUT2D eigenvalue weighted by atomic mass is 9.88. The second kappa shape index (κ2) is 7.74. The Morgan fingerprint density at radius 3 is 2.74 bits per heavy atom. The topological polar surface area (TPSA) is 119 Å². The van der Waals surface area contributed by atoms with Crippen LogP contribution < -0.4 is 16.2 Å². The molecule has 0 saturated heterocycles. The van der Waals surface area contributed by atoms with Gasteiger partial charge in [-0.1, -0.05) is 18.2 Å². The number of aromatic amines is 1. The lowest BCUT2D eigenvalue weighted by Crippen LogP contribution is -2.44. The van der Waals surface area contributed by atoms with Crippen molar-refractivity contribution in [2.75, 3.05) is 4.90 Å². The molecule has 2 aromatic heterocycles. The maximum absolute atomic E-state index is 15.4. The Morgan fingerprint density at radius 2 is 1.97 bits per heavy atom. The smallest absolute Gasteiger partial charge is 0.421 e. The van der Waals surface area contributed by atoms with Crippen molar-refractivity contribution in [1.29, 1.82) is 0 Å². The molecule has 0 bridgehead atoms. The van der Waals surface area contributed by atoms with Gasteiger partial charge < -0.3 is 10.5 Å². The number of hydrogen-bond donors (Lipinski definition) is 2. The number of para-hydroxylation sites is 1. The number of nitrogens with zero attached hydrogens (tertiary/aromatic N) is 4. The van der Waals surface area contributed by atoms with E-state index in [1.807, 2.05) is 6.07 Å². The van der Waals surface area contributed by atoms with Crippen LogP contribution >= 0.6 is 0 Å². The van der Waals surface area contributed by atoms with Crippen molar-refractivity contribution in [3.8, 4) is 11.1 Å². The van der Waals surface area contributed by atoms with Crippen molar-refractivity contribution in [2.24, 2.45) is 12.8 Å². The molecule has 9 nitrogen and oxygen atoms in total. The molecule has 2 aromatic carbocycles. The average Bonchev–Trinajstić information content (AvgIpc) is 3.47. The van der Waals surface area contributed by atoms with Crippen LogP contribution in [0.5, 0.6) is 0 Å². The molecule has 2 aliphatic rings. The largest absolute Gasteiger partial charge is 0.437 e. The zero-order valence-electron chi connectivity index (χ0n) is 19.0. The van der Waals surface area contributed by atoms with Crippen LogP contribution in [0.2, 0.25) is 0 Å². The fourth-order valence-corrected chi connectivity index (χ4v) is 5.42. The van der Waals surface area contributed by atoms with Crippen LogP contribution in [0.15, 0.2) is 47.4 Å². The summed E-state index contributed by atoms with van der Waals surface area (Å²) < 4.78 is 22.9. The standard InChI is InChI=1S/C25H23FN6O3/c1-31-23(17(13-28-31)14-7-8-15-16(11-14)20(12-27)29-30-22(15)33)32-21-18(5-4-6-19(21)26)25(35-24(32)34)9-2-3-10-25/h4-8,11,13H,2-3,9-10,12,27H2,1H3,(H,30,33). The third kappa shape index (κ3) is 3.09. The van der Waals surface area contributed by atoms with Gasteiger partial charge in [-0.3, -0.25) is 9.48 Å². The maximum atomic E-state index is 15.4. The monoisotopic (exact) mass is 474 g/mol. The van der Waals surface area contributed by atoms with Gasteiger partial charge in [0.05, 0.1) is 23.0 Å². The van der Waals surface area contributed by atoms with Crippen LogP contribution in [0.25, 0.3) is 21.9 Å². The number of aromatic nitrogens is 4. The third-order valence-corrected chi connectivity index (χ3v) is 7.07. The van der Waals surface area contributed by atoms with Gasteiger partial charge in [0.2, 0.25) is 0 Å². The van der Waals surface area contributed by atoms with Crippen LogP contribution in [0.1, 0.15) is 36.9 Å². The molecule has 1 spiro atoms. The number of anilines is 2. The number of aryl methyl sites for hydroxylation is 1. The highest BCUT2D eigenvalue weighted by atomic mass is 19.1. The lowest BCUT2D eigenvalue weighted by molar-refractivity contribution is 0.0121. The number of ether oxygens (including phenoxy) is 1. The molecule has 1 aliphatic heterocycles. The van der Waals surface area contributed by atoms with Gasteiger partial charge >= 0.3 is 6.09 Å². The second-order valence-corrected chi connectivity index (χ2v) is 9.01. The van der Waals surface area contributed by atoms with E-state index in [9.17, 15) is 9.59 Å². The zero-order chi connectivity index (χ0) is 24.3. The average molecular weight is 474 g/mol. The van der Waals surface area contributed by atoms with E-state index in [0.717, 1.165) is 12.8 Å². The third-order valence-electron chi connectivity index (χ3n) is 7.07. The van der Waals surface area contributed by atoms with Crippen LogP contribution in [0, 0.1) is 5.82 Å². The summed E-state index contributed by atoms with van der Waals surface area (Å²) in [4.78, 5) is 27.0. The summed E-state index contributed by atoms with van der Waals surface area (Å²) >= 11 is 0. The number of hydrogen-bond acceptors (Lipinski definition) is 6. The first-order chi connectivity index (χ1) is 16.9. The SMILES string of the molecule is Cn1ncc(-c2ccc3c(=O)[nH]nc(CN)c3c2)c1N1C(=O)OC2(CCCC2)c2cccc(F)c21. The van der Waals surface area contributed by atoms with Crippen molar-refractivity contribution in [2.45, 2.75) is 37.8 Å². The number of nitrogens with one attached hydrogen (secondary N) is 1. The summed E-state index contributed by atoms with van der Waals surface area (Å²) in [5.41, 5.74) is 7.34. The molecule has 1 saturated carbocycles. The molecule has 1 fully saturated rings. The molecular formula is C25H23FN6O3. The first kappa shape index (κ1) is 21.5. The molecule has 3 N–H and O–H groups in total. The van der Waals surface area contributed by atoms with E-state index < -0.39 is 17.5 Å². The van der Waals surface area contributed by atoms with Crippen LogP contribution in [0.3, 0.4) is 0 Å². The number of halogens is 1. The maximum Gasteiger partial charge on any atom is 0.421 e. The zero-order valence-corrected chi connectivity index (χ0v) is 19.0. The Morgan fingerprint density at radius 1 is 1.17 bits per heavy atom. The predicted octanol–water partition coefficient (Wildman–Crippen LogP) is 3.98. The van der Waals surface area contributed by atoms with Crippen molar-refractivity contribution in [3.05, 3.63) is 70.0 Å². The summed E-state index contributed by atoms with van der Waals surface area (Å²) in [7, 11) is 1.69. The summed E-state index contributed by atoms with van der Waals surface area (Å²) in [6.45, 7) is 0.135. The van der Waals surface area contributed by atoms with E-state index in [1.165, 1.54) is 15.6 Å². The molecule has 178 valence electrons. The van der Waals surface area contributed by atoms with Crippen LogP contribution in [-0.4, -0.2) is 26.1 Å². The van der Waals surface area contributed by atoms with Crippen LogP contribution in [0.4, 0.5) is 20.7 Å². The van der Waals surface area contributed by atoms with Crippen molar-refractivity contribution >= 4 is 28.4 Å². The minimum absolute atomic E-state index is 0.135. The van der Waals surface area contributed by atoms with E-state index in [2.05, 4.69) is 15.3 Å². The number of benzene rings is 2. The van der Waals surface area contributed by atoms with E-state index in [4.69, 9.17) is 10.5 Å². The number of carbonyl (C=O) groups excluding carboxylic acids is 1. The number of fused-ring (bicyclic) bond motifs is 3. The van der Waals surface area contributed by atoms with Crippen LogP contribution in [-0.2, 0) is 23.9 Å². The predicted molar refractivity (Wildman–Crippen MR) is 128 cm³/mol. The van der Waals surface area contributed by atoms with Gasteiger partial charge in [0.15, 0.2) is 0 Å². The molecule has 0 radical (unpaired) electrons. The molecule has 3 heterocycles. The number of H-pyrrole nitrogens is 1. The Balaban J connectivity index is 1.57. The Labute approximate surface area is 199 Å². The molecule has 35 heavy (non-hydrogen) atoms. The summed E-state index contributed by atoms with van der Waals surface area (Å²) in [5, 5.41) is 11.9. The molecule has 10 heteroatoms. The Hall–Kier alpha value is -4.05. The molecule has 0 unspecified atom stereocenters. The minimum Gasteiger partial charge on any atom is -0.437 e. The Kier molecular flexibility index (Phi) is 4.75. The van der Waals surface area contributed by atoms with Crippen molar-refractivity contribution in [1.82, 2.24) is 20.0 Å². The van der Waals surface area contributed by atoms with Gasteiger partial charge in [0, 0.05) is 30.1 Å². The van der Waals surface area contributed by atoms with E-state index in [1.54, 1.807) is 37.5 Å². The van der Waals surface area contributed by atoms with Crippen molar-refractivity contribution < 1.29 is 13.9 Å². The Bertz CT molecular complexity index is 1550. The van der Waals surface area contributed by atoms with E-state index in [-0.39, 0.29) is 17.8 Å². The lowest BCUT2D eigenvalue weighted by Gasteiger charge is -2.40. The van der Waals surface area contributed by atoms with Gasteiger partial charge in [-0.25, -0.2) is 19.2 Å². The number of carbonyl (C=O) groups is 1. The molecule has 1 aliphatic carbocycles. The highest BCUT2D eigenvalue weighted by molar-refractivity contribution is 6.02. The van der Waals surface area contributed by atoms with Gasteiger partial charge in [-0.05, 0) is 49.4 Å². The van der Waals surface area contributed by atoms with Gasteiger partial charge in [0.25, 0.3) is 5.56 Å². The fraction of sp³-hybridized carbons (Fsp3) is 0.280. The quantitative estimate of drug-likeness (QED) is 0.464. The molecule has 4 aromatic rings. The fourth-order valence-electron chi connectivity index (χ4n) is 5.42. The highest BCUT2D eigenvalue weighted by Crippen LogP contribution is 2.52. The van der Waals surface area contributed by atoms with E-state index >= 15 is 4.39 Å². The van der Waals surface area contributed by atoms with Crippen molar-refractivity contribution in [3.63, 3.8) is 0 Å². The molecule has 0 atom stereocenters. The number of nitrogens with two attached hydrogens (primary N) is 1. The second-order valence-electron chi connectivity index (χ2n) is 9.01. The van der Waals surface area contributed by atoms with Gasteiger partial charge in [0.1, 0.15) is 17.2 Å². The minimum atomic E-state index is -0.810. The van der Waals surface area contributed by atoms with Gasteiger partial charge in [-0.2, -0.15) is 10.2 Å². The molecule has 1 amide bonds. The first-order valence-electron chi connectivity index (χ1n) is 11.5. The summed E-state index contributed by atoms with van der Waals surface area (Å²) in [5.74, 6) is -0.141. The number of rotatable bonds is 3. The number of amides is 1. The van der Waals surface area contributed by atoms with E-state index in [0.29, 0.717) is 51.8 Å². The summed E-state index contributed by atoms with van der Waals surface area (Å²) in [6.07, 6.45) is 4.11. The molecule has 6 rings (SSSR count).